The second-order valence-corrected chi connectivity index (χ2v) is 4.44. The minimum absolute atomic E-state index is 0.483. The van der Waals surface area contributed by atoms with E-state index in [4.69, 9.17) is 6.42 Å². The molecule has 0 radical (unpaired) electrons. The number of nitrogens with one attached hydrogen (secondary N) is 1. The fourth-order valence-electron chi connectivity index (χ4n) is 1.57. The van der Waals surface area contributed by atoms with E-state index in [0.29, 0.717) is 12.1 Å². The molecule has 0 fully saturated rings. The molecule has 0 heterocycles. The van der Waals surface area contributed by atoms with Gasteiger partial charge in [0.05, 0.1) is 0 Å². The van der Waals surface area contributed by atoms with Gasteiger partial charge in [0.1, 0.15) is 0 Å². The Labute approximate surface area is 95.3 Å². The van der Waals surface area contributed by atoms with Gasteiger partial charge in [0.25, 0.3) is 0 Å². The summed E-state index contributed by atoms with van der Waals surface area (Å²) in [6, 6.07) is 1.04. The minimum atomic E-state index is 0.483. The van der Waals surface area contributed by atoms with Crippen LogP contribution in [0.5, 0.6) is 0 Å². The standard InChI is InChI=1S/C14H25N/c1-6-9-14(7-2)15-13(5)11-8-10-12(3)4/h1,10,13-15H,7-9,11H2,2-5H3. The molecule has 0 saturated carbocycles. The predicted octanol–water partition coefficient (Wildman–Crippen LogP) is 3.51. The molecule has 1 N–H and O–H groups in total. The van der Waals surface area contributed by atoms with Gasteiger partial charge in [-0.25, -0.2) is 0 Å². The van der Waals surface area contributed by atoms with Gasteiger partial charge in [0, 0.05) is 18.5 Å². The van der Waals surface area contributed by atoms with Crippen molar-refractivity contribution in [3.05, 3.63) is 11.6 Å². The summed E-state index contributed by atoms with van der Waals surface area (Å²) in [4.78, 5) is 0. The maximum Gasteiger partial charge on any atom is 0.0240 e. The lowest BCUT2D eigenvalue weighted by molar-refractivity contribution is 0.424. The van der Waals surface area contributed by atoms with E-state index in [0.717, 1.165) is 19.3 Å². The molecule has 2 atom stereocenters. The highest BCUT2D eigenvalue weighted by Crippen LogP contribution is 2.04. The van der Waals surface area contributed by atoms with Gasteiger partial charge in [-0.2, -0.15) is 0 Å². The summed E-state index contributed by atoms with van der Waals surface area (Å²) < 4.78 is 0. The van der Waals surface area contributed by atoms with Crippen LogP contribution in [0.4, 0.5) is 0 Å². The van der Waals surface area contributed by atoms with Gasteiger partial charge in [0.15, 0.2) is 0 Å². The van der Waals surface area contributed by atoms with Crippen LogP contribution in [0.2, 0.25) is 0 Å². The normalized spacial score (nSPS) is 14.1. The van der Waals surface area contributed by atoms with Gasteiger partial charge in [-0.1, -0.05) is 18.6 Å². The van der Waals surface area contributed by atoms with Crippen molar-refractivity contribution in [1.29, 1.82) is 0 Å². The zero-order valence-corrected chi connectivity index (χ0v) is 10.6. The highest BCUT2D eigenvalue weighted by Gasteiger charge is 2.07. The molecule has 0 aromatic heterocycles. The zero-order valence-electron chi connectivity index (χ0n) is 10.6. The first-order valence-electron chi connectivity index (χ1n) is 5.93. The zero-order chi connectivity index (χ0) is 11.7. The molecule has 1 nitrogen and oxygen atoms in total. The summed E-state index contributed by atoms with van der Waals surface area (Å²) in [7, 11) is 0. The van der Waals surface area contributed by atoms with Crippen LogP contribution in [-0.2, 0) is 0 Å². The van der Waals surface area contributed by atoms with Crippen molar-refractivity contribution >= 4 is 0 Å². The van der Waals surface area contributed by atoms with E-state index >= 15 is 0 Å². The fraction of sp³-hybridized carbons (Fsp3) is 0.714. The first-order valence-corrected chi connectivity index (χ1v) is 5.93. The van der Waals surface area contributed by atoms with Crippen molar-refractivity contribution in [3.63, 3.8) is 0 Å². The Morgan fingerprint density at radius 1 is 1.47 bits per heavy atom. The highest BCUT2D eigenvalue weighted by molar-refractivity contribution is 4.94. The van der Waals surface area contributed by atoms with E-state index < -0.39 is 0 Å². The summed E-state index contributed by atoms with van der Waals surface area (Å²) in [6.45, 7) is 8.70. The summed E-state index contributed by atoms with van der Waals surface area (Å²) in [5.41, 5.74) is 1.40. The molecule has 2 unspecified atom stereocenters. The molecule has 0 bridgehead atoms. The smallest absolute Gasteiger partial charge is 0.0240 e. The molecule has 15 heavy (non-hydrogen) atoms. The third-order valence-corrected chi connectivity index (χ3v) is 2.53. The van der Waals surface area contributed by atoms with Gasteiger partial charge in [-0.05, 0) is 40.0 Å². The van der Waals surface area contributed by atoms with Crippen LogP contribution in [0.15, 0.2) is 11.6 Å². The molecule has 0 rings (SSSR count). The van der Waals surface area contributed by atoms with E-state index in [1.54, 1.807) is 0 Å². The van der Waals surface area contributed by atoms with Crippen LogP contribution in [-0.4, -0.2) is 12.1 Å². The van der Waals surface area contributed by atoms with Crippen molar-refractivity contribution < 1.29 is 0 Å². The van der Waals surface area contributed by atoms with Crippen molar-refractivity contribution in [2.24, 2.45) is 0 Å². The first kappa shape index (κ1) is 14.3. The molecule has 1 heteroatoms. The van der Waals surface area contributed by atoms with Gasteiger partial charge >= 0.3 is 0 Å². The SMILES string of the molecule is C#CCC(CC)NC(C)CCC=C(C)C. The number of rotatable bonds is 7. The molecule has 0 spiro atoms. The second kappa shape index (κ2) is 8.56. The maximum atomic E-state index is 5.32. The third kappa shape index (κ3) is 8.27. The lowest BCUT2D eigenvalue weighted by atomic mass is 10.1. The Morgan fingerprint density at radius 3 is 2.60 bits per heavy atom. The quantitative estimate of drug-likeness (QED) is 0.497. The lowest BCUT2D eigenvalue weighted by Crippen LogP contribution is -2.35. The van der Waals surface area contributed by atoms with Gasteiger partial charge < -0.3 is 5.32 Å². The minimum Gasteiger partial charge on any atom is -0.311 e. The van der Waals surface area contributed by atoms with Crippen molar-refractivity contribution in [1.82, 2.24) is 5.32 Å². The summed E-state index contributed by atoms with van der Waals surface area (Å²) in [6.07, 6.45) is 11.9. The summed E-state index contributed by atoms with van der Waals surface area (Å²) in [5.74, 6) is 2.72. The highest BCUT2D eigenvalue weighted by atomic mass is 14.9. The molecule has 0 aliphatic heterocycles. The Balaban J connectivity index is 3.76. The summed E-state index contributed by atoms with van der Waals surface area (Å²) >= 11 is 0. The van der Waals surface area contributed by atoms with Crippen LogP contribution >= 0.6 is 0 Å². The van der Waals surface area contributed by atoms with Gasteiger partial charge in [-0.15, -0.1) is 12.3 Å². The molecule has 0 saturated heterocycles. The second-order valence-electron chi connectivity index (χ2n) is 4.44. The molecular weight excluding hydrogens is 182 g/mol. The molecule has 0 aliphatic carbocycles. The third-order valence-electron chi connectivity index (χ3n) is 2.53. The molecular formula is C14H25N. The van der Waals surface area contributed by atoms with E-state index in [2.05, 4.69) is 45.0 Å². The maximum absolute atomic E-state index is 5.32. The van der Waals surface area contributed by atoms with Crippen molar-refractivity contribution in [3.8, 4) is 12.3 Å². The topological polar surface area (TPSA) is 12.0 Å². The molecule has 0 aromatic carbocycles. The Morgan fingerprint density at radius 2 is 2.13 bits per heavy atom. The number of terminal acetylenes is 1. The van der Waals surface area contributed by atoms with Gasteiger partial charge in [0.2, 0.25) is 0 Å². The van der Waals surface area contributed by atoms with Crippen LogP contribution in [0, 0.1) is 12.3 Å². The Bertz CT molecular complexity index is 218. The van der Waals surface area contributed by atoms with E-state index in [1.165, 1.54) is 12.0 Å². The largest absolute Gasteiger partial charge is 0.311 e. The van der Waals surface area contributed by atoms with Crippen molar-refractivity contribution in [2.75, 3.05) is 0 Å². The van der Waals surface area contributed by atoms with E-state index in [9.17, 15) is 0 Å². The van der Waals surface area contributed by atoms with Crippen LogP contribution in [0.3, 0.4) is 0 Å². The van der Waals surface area contributed by atoms with Crippen LogP contribution < -0.4 is 5.32 Å². The fourth-order valence-corrected chi connectivity index (χ4v) is 1.57. The first-order chi connectivity index (χ1) is 7.10. The van der Waals surface area contributed by atoms with Gasteiger partial charge in [-0.3, -0.25) is 0 Å². The summed E-state index contributed by atoms with van der Waals surface area (Å²) in [5, 5.41) is 3.57. The number of allylic oxidation sites excluding steroid dienone is 2. The average molecular weight is 207 g/mol. The molecule has 0 aliphatic rings. The molecule has 0 aromatic rings. The number of hydrogen-bond acceptors (Lipinski definition) is 1. The Hall–Kier alpha value is -0.740. The van der Waals surface area contributed by atoms with E-state index in [1.807, 2.05) is 0 Å². The average Bonchev–Trinajstić information content (AvgIpc) is 2.16. The van der Waals surface area contributed by atoms with Crippen LogP contribution in [0.1, 0.15) is 53.4 Å². The monoisotopic (exact) mass is 207 g/mol. The van der Waals surface area contributed by atoms with Crippen LogP contribution in [0.25, 0.3) is 0 Å². The number of hydrogen-bond donors (Lipinski definition) is 1. The van der Waals surface area contributed by atoms with Crippen molar-refractivity contribution in [2.45, 2.75) is 65.5 Å². The molecule has 0 amide bonds. The van der Waals surface area contributed by atoms with E-state index in [-0.39, 0.29) is 0 Å². The predicted molar refractivity (Wildman–Crippen MR) is 68.8 cm³/mol. The Kier molecular flexibility index (Phi) is 8.14. The lowest BCUT2D eigenvalue weighted by Gasteiger charge is -2.20. The molecule has 86 valence electrons.